The molecule has 0 aliphatic rings. The molecule has 0 bridgehead atoms. The van der Waals surface area contributed by atoms with Gasteiger partial charge in [0, 0.05) is 12.1 Å². The van der Waals surface area contributed by atoms with Crippen molar-refractivity contribution in [3.8, 4) is 5.75 Å². The summed E-state index contributed by atoms with van der Waals surface area (Å²) in [7, 11) is 0. The van der Waals surface area contributed by atoms with Crippen LogP contribution in [0.1, 0.15) is 18.2 Å². The highest BCUT2D eigenvalue weighted by Gasteiger charge is 2.15. The fourth-order valence-electron chi connectivity index (χ4n) is 1.76. The molecule has 1 unspecified atom stereocenters. The van der Waals surface area contributed by atoms with E-state index in [1.54, 1.807) is 31.4 Å². The molecule has 0 aliphatic carbocycles. The molecule has 0 fully saturated rings. The number of carbonyl (C=O) groups is 1. The number of ether oxygens (including phenoxy) is 1. The van der Waals surface area contributed by atoms with Crippen LogP contribution in [-0.4, -0.2) is 12.0 Å². The minimum atomic E-state index is -0.599. The number of nitrogens with two attached hydrogens (primary N) is 1. The zero-order valence-electron chi connectivity index (χ0n) is 11.3. The van der Waals surface area contributed by atoms with Gasteiger partial charge in [-0.1, -0.05) is 18.2 Å². The first kappa shape index (κ1) is 14.1. The number of hydrogen-bond acceptors (Lipinski definition) is 4. The van der Waals surface area contributed by atoms with E-state index >= 15 is 0 Å². The van der Waals surface area contributed by atoms with Gasteiger partial charge in [-0.15, -0.1) is 0 Å². The Kier molecular flexibility index (Phi) is 4.79. The van der Waals surface area contributed by atoms with Crippen molar-refractivity contribution < 1.29 is 13.9 Å². The van der Waals surface area contributed by atoms with Gasteiger partial charge in [-0.05, 0) is 25.1 Å². The van der Waals surface area contributed by atoms with Crippen LogP contribution in [0.25, 0.3) is 0 Å². The molecule has 106 valence electrons. The number of para-hydroxylation sites is 1. The maximum Gasteiger partial charge on any atom is 0.261 e. The van der Waals surface area contributed by atoms with E-state index in [2.05, 4.69) is 5.32 Å². The van der Waals surface area contributed by atoms with E-state index < -0.39 is 6.10 Å². The molecule has 2 rings (SSSR count). The predicted octanol–water partition coefficient (Wildman–Crippen LogP) is 1.82. The quantitative estimate of drug-likeness (QED) is 0.842. The minimum Gasteiger partial charge on any atom is -0.481 e. The van der Waals surface area contributed by atoms with Crippen molar-refractivity contribution in [3.05, 3.63) is 54.0 Å². The highest BCUT2D eigenvalue weighted by molar-refractivity contribution is 5.80. The molecule has 0 radical (unpaired) electrons. The average molecular weight is 274 g/mol. The lowest BCUT2D eigenvalue weighted by Gasteiger charge is -2.16. The van der Waals surface area contributed by atoms with Gasteiger partial charge in [0.2, 0.25) is 0 Å². The SMILES string of the molecule is CC(Oc1ccccc1CN)C(=O)NCc1ccco1. The predicted molar refractivity (Wildman–Crippen MR) is 75.0 cm³/mol. The van der Waals surface area contributed by atoms with Gasteiger partial charge in [-0.2, -0.15) is 0 Å². The lowest BCUT2D eigenvalue weighted by Crippen LogP contribution is -2.36. The topological polar surface area (TPSA) is 77.5 Å². The Balaban J connectivity index is 1.90. The molecule has 1 heterocycles. The summed E-state index contributed by atoms with van der Waals surface area (Å²) in [4.78, 5) is 11.9. The van der Waals surface area contributed by atoms with Crippen LogP contribution < -0.4 is 15.8 Å². The summed E-state index contributed by atoms with van der Waals surface area (Å²) >= 11 is 0. The van der Waals surface area contributed by atoms with E-state index in [9.17, 15) is 4.79 Å². The monoisotopic (exact) mass is 274 g/mol. The van der Waals surface area contributed by atoms with E-state index in [0.29, 0.717) is 24.6 Å². The van der Waals surface area contributed by atoms with Crippen molar-refractivity contribution in [2.75, 3.05) is 0 Å². The van der Waals surface area contributed by atoms with Crippen LogP contribution in [0.15, 0.2) is 47.1 Å². The Bertz CT molecular complexity index is 552. The van der Waals surface area contributed by atoms with Crippen LogP contribution in [0.5, 0.6) is 5.75 Å². The smallest absolute Gasteiger partial charge is 0.261 e. The Morgan fingerprint density at radius 2 is 2.15 bits per heavy atom. The summed E-state index contributed by atoms with van der Waals surface area (Å²) in [6.45, 7) is 2.42. The van der Waals surface area contributed by atoms with Crippen molar-refractivity contribution in [1.82, 2.24) is 5.32 Å². The molecular formula is C15H18N2O3. The summed E-state index contributed by atoms with van der Waals surface area (Å²) in [6, 6.07) is 11.0. The maximum atomic E-state index is 11.9. The Labute approximate surface area is 117 Å². The van der Waals surface area contributed by atoms with Crippen molar-refractivity contribution in [2.45, 2.75) is 26.1 Å². The van der Waals surface area contributed by atoms with Crippen LogP contribution in [0.3, 0.4) is 0 Å². The molecule has 5 nitrogen and oxygen atoms in total. The van der Waals surface area contributed by atoms with Crippen molar-refractivity contribution in [1.29, 1.82) is 0 Å². The molecule has 1 amide bonds. The molecule has 1 aromatic heterocycles. The minimum absolute atomic E-state index is 0.201. The molecule has 0 spiro atoms. The summed E-state index contributed by atoms with van der Waals surface area (Å²) in [5.74, 6) is 1.14. The van der Waals surface area contributed by atoms with Crippen LogP contribution in [0.2, 0.25) is 0 Å². The highest BCUT2D eigenvalue weighted by Crippen LogP contribution is 2.18. The molecule has 20 heavy (non-hydrogen) atoms. The molecule has 2 aromatic rings. The van der Waals surface area contributed by atoms with E-state index in [1.807, 2.05) is 18.2 Å². The summed E-state index contributed by atoms with van der Waals surface area (Å²) in [5.41, 5.74) is 6.51. The number of hydrogen-bond donors (Lipinski definition) is 2. The second-order valence-electron chi connectivity index (χ2n) is 4.37. The molecule has 0 aliphatic heterocycles. The molecule has 0 saturated heterocycles. The Morgan fingerprint density at radius 3 is 2.85 bits per heavy atom. The van der Waals surface area contributed by atoms with E-state index in [0.717, 1.165) is 5.56 Å². The first-order valence-electron chi connectivity index (χ1n) is 6.45. The number of benzene rings is 1. The van der Waals surface area contributed by atoms with E-state index in [1.165, 1.54) is 0 Å². The first-order chi connectivity index (χ1) is 9.70. The third-order valence-corrected chi connectivity index (χ3v) is 2.88. The van der Waals surface area contributed by atoms with Crippen LogP contribution in [0.4, 0.5) is 0 Å². The van der Waals surface area contributed by atoms with E-state index in [4.69, 9.17) is 14.9 Å². The van der Waals surface area contributed by atoms with Gasteiger partial charge in [0.15, 0.2) is 6.10 Å². The Hall–Kier alpha value is -2.27. The number of amides is 1. The van der Waals surface area contributed by atoms with Gasteiger partial charge in [-0.3, -0.25) is 4.79 Å². The summed E-state index contributed by atoms with van der Waals surface area (Å²) < 4.78 is 10.8. The van der Waals surface area contributed by atoms with Gasteiger partial charge in [0.25, 0.3) is 5.91 Å². The molecule has 1 aromatic carbocycles. The normalized spacial score (nSPS) is 11.9. The number of carbonyl (C=O) groups excluding carboxylic acids is 1. The second kappa shape index (κ2) is 6.77. The first-order valence-corrected chi connectivity index (χ1v) is 6.45. The zero-order valence-corrected chi connectivity index (χ0v) is 11.3. The van der Waals surface area contributed by atoms with E-state index in [-0.39, 0.29) is 5.91 Å². The lowest BCUT2D eigenvalue weighted by molar-refractivity contribution is -0.127. The number of rotatable bonds is 6. The fourth-order valence-corrected chi connectivity index (χ4v) is 1.76. The van der Waals surface area contributed by atoms with Crippen LogP contribution in [0, 0.1) is 0 Å². The summed E-state index contributed by atoms with van der Waals surface area (Å²) in [6.07, 6.45) is 0.969. The summed E-state index contributed by atoms with van der Waals surface area (Å²) in [5, 5.41) is 2.75. The third-order valence-electron chi connectivity index (χ3n) is 2.88. The maximum absolute atomic E-state index is 11.9. The zero-order chi connectivity index (χ0) is 14.4. The Morgan fingerprint density at radius 1 is 1.35 bits per heavy atom. The third kappa shape index (κ3) is 3.61. The van der Waals surface area contributed by atoms with Crippen molar-refractivity contribution in [2.24, 2.45) is 5.73 Å². The average Bonchev–Trinajstić information content (AvgIpc) is 2.98. The van der Waals surface area contributed by atoms with Crippen molar-refractivity contribution in [3.63, 3.8) is 0 Å². The van der Waals surface area contributed by atoms with Gasteiger partial charge in [-0.25, -0.2) is 0 Å². The number of nitrogens with one attached hydrogen (secondary N) is 1. The van der Waals surface area contributed by atoms with Gasteiger partial charge in [0.05, 0.1) is 12.8 Å². The standard InChI is InChI=1S/C15H18N2O3/c1-11(15(18)17-10-13-6-4-8-19-13)20-14-7-3-2-5-12(14)9-16/h2-8,11H,9-10,16H2,1H3,(H,17,18). The molecule has 3 N–H and O–H groups in total. The van der Waals surface area contributed by atoms with Gasteiger partial charge < -0.3 is 20.2 Å². The lowest BCUT2D eigenvalue weighted by atomic mass is 10.2. The second-order valence-corrected chi connectivity index (χ2v) is 4.37. The van der Waals surface area contributed by atoms with Gasteiger partial charge in [0.1, 0.15) is 11.5 Å². The molecular weight excluding hydrogens is 256 g/mol. The molecule has 0 saturated carbocycles. The molecule has 5 heteroatoms. The van der Waals surface area contributed by atoms with Crippen LogP contribution in [-0.2, 0) is 17.9 Å². The van der Waals surface area contributed by atoms with Crippen molar-refractivity contribution >= 4 is 5.91 Å². The fraction of sp³-hybridized carbons (Fsp3) is 0.267. The largest absolute Gasteiger partial charge is 0.481 e. The van der Waals surface area contributed by atoms with Gasteiger partial charge >= 0.3 is 0 Å². The highest BCUT2D eigenvalue weighted by atomic mass is 16.5. The molecule has 1 atom stereocenters. The van der Waals surface area contributed by atoms with Crippen LogP contribution >= 0.6 is 0 Å². The number of furan rings is 1.